The maximum absolute atomic E-state index is 11.9. The average Bonchev–Trinajstić information content (AvgIpc) is 2.48. The Labute approximate surface area is 122 Å². The van der Waals surface area contributed by atoms with Crippen molar-refractivity contribution in [2.75, 3.05) is 0 Å². The van der Waals surface area contributed by atoms with Crippen molar-refractivity contribution in [3.05, 3.63) is 65.0 Å². The van der Waals surface area contributed by atoms with E-state index in [2.05, 4.69) is 10.3 Å². The fourth-order valence-corrected chi connectivity index (χ4v) is 1.93. The molecular formula is C16H16N2O3. The number of benzene rings is 1. The molecule has 2 N–H and O–H groups in total. The van der Waals surface area contributed by atoms with E-state index in [4.69, 9.17) is 5.11 Å². The Morgan fingerprint density at radius 1 is 1.24 bits per heavy atom. The van der Waals surface area contributed by atoms with E-state index in [1.807, 2.05) is 19.1 Å². The first-order valence-corrected chi connectivity index (χ1v) is 6.55. The van der Waals surface area contributed by atoms with E-state index in [-0.39, 0.29) is 17.9 Å². The molecule has 0 bridgehead atoms. The molecule has 0 saturated heterocycles. The first kappa shape index (κ1) is 14.7. The molecule has 1 aromatic heterocycles. The van der Waals surface area contributed by atoms with E-state index in [1.165, 1.54) is 6.07 Å². The van der Waals surface area contributed by atoms with Gasteiger partial charge in [-0.3, -0.25) is 9.78 Å². The second-order valence-electron chi connectivity index (χ2n) is 4.73. The van der Waals surface area contributed by atoms with Gasteiger partial charge in [0.05, 0.1) is 17.7 Å². The predicted molar refractivity (Wildman–Crippen MR) is 77.9 cm³/mol. The topological polar surface area (TPSA) is 79.3 Å². The van der Waals surface area contributed by atoms with Gasteiger partial charge < -0.3 is 10.4 Å². The lowest BCUT2D eigenvalue weighted by Crippen LogP contribution is -2.25. The molecule has 0 radical (unpaired) electrons. The largest absolute Gasteiger partial charge is 0.478 e. The summed E-state index contributed by atoms with van der Waals surface area (Å²) < 4.78 is 0. The van der Waals surface area contributed by atoms with Gasteiger partial charge in [-0.2, -0.15) is 0 Å². The summed E-state index contributed by atoms with van der Waals surface area (Å²) in [5, 5.41) is 11.7. The van der Waals surface area contributed by atoms with E-state index in [0.717, 1.165) is 16.8 Å². The molecule has 2 rings (SSSR count). The van der Waals surface area contributed by atoms with Crippen LogP contribution in [-0.2, 0) is 17.8 Å². The molecule has 0 atom stereocenters. The number of carboxylic acids is 1. The maximum atomic E-state index is 11.9. The standard InChI is InChI=1S/C16H16N2O3/c1-11-4-3-7-17-14(11)9-15(19)18-10-12-5-2-6-13(8-12)16(20)21/h2-8H,9-10H2,1H3,(H,18,19)(H,20,21). The van der Waals surface area contributed by atoms with Crippen LogP contribution in [0.4, 0.5) is 0 Å². The Balaban J connectivity index is 1.94. The fraction of sp³-hybridized carbons (Fsp3) is 0.188. The minimum atomic E-state index is -0.979. The number of rotatable bonds is 5. The van der Waals surface area contributed by atoms with Gasteiger partial charge >= 0.3 is 5.97 Å². The Morgan fingerprint density at radius 3 is 2.76 bits per heavy atom. The van der Waals surface area contributed by atoms with Crippen molar-refractivity contribution in [1.82, 2.24) is 10.3 Å². The Morgan fingerprint density at radius 2 is 2.05 bits per heavy atom. The number of amides is 1. The highest BCUT2D eigenvalue weighted by Crippen LogP contribution is 2.06. The Bertz CT molecular complexity index is 668. The van der Waals surface area contributed by atoms with Gasteiger partial charge in [0.25, 0.3) is 0 Å². The minimum absolute atomic E-state index is 0.141. The van der Waals surface area contributed by atoms with Crippen molar-refractivity contribution in [3.8, 4) is 0 Å². The van der Waals surface area contributed by atoms with Crippen molar-refractivity contribution < 1.29 is 14.7 Å². The molecule has 0 saturated carbocycles. The summed E-state index contributed by atoms with van der Waals surface area (Å²) in [5.41, 5.74) is 2.68. The van der Waals surface area contributed by atoms with Gasteiger partial charge in [0, 0.05) is 12.7 Å². The number of pyridine rings is 1. The lowest BCUT2D eigenvalue weighted by molar-refractivity contribution is -0.120. The van der Waals surface area contributed by atoms with E-state index in [0.29, 0.717) is 6.54 Å². The summed E-state index contributed by atoms with van der Waals surface area (Å²) in [4.78, 5) is 26.9. The molecule has 0 unspecified atom stereocenters. The molecule has 0 aliphatic rings. The normalized spacial score (nSPS) is 10.1. The zero-order valence-corrected chi connectivity index (χ0v) is 11.7. The second kappa shape index (κ2) is 6.65. The van der Waals surface area contributed by atoms with E-state index in [9.17, 15) is 9.59 Å². The highest BCUT2D eigenvalue weighted by molar-refractivity contribution is 5.87. The maximum Gasteiger partial charge on any atom is 0.335 e. The molecule has 1 heterocycles. The third kappa shape index (κ3) is 4.14. The van der Waals surface area contributed by atoms with Gasteiger partial charge in [0.1, 0.15) is 0 Å². The highest BCUT2D eigenvalue weighted by Gasteiger charge is 2.08. The molecular weight excluding hydrogens is 268 g/mol. The Hall–Kier alpha value is -2.69. The quantitative estimate of drug-likeness (QED) is 0.879. The number of hydrogen-bond acceptors (Lipinski definition) is 3. The molecule has 2 aromatic rings. The zero-order valence-electron chi connectivity index (χ0n) is 11.7. The van der Waals surface area contributed by atoms with E-state index in [1.54, 1.807) is 24.4 Å². The van der Waals surface area contributed by atoms with Gasteiger partial charge in [-0.25, -0.2) is 4.79 Å². The lowest BCUT2D eigenvalue weighted by atomic mass is 10.1. The van der Waals surface area contributed by atoms with Crippen molar-refractivity contribution in [2.45, 2.75) is 19.9 Å². The predicted octanol–water partition coefficient (Wildman–Crippen LogP) is 1.95. The summed E-state index contributed by atoms with van der Waals surface area (Å²) in [5.74, 6) is -1.12. The van der Waals surface area contributed by atoms with Crippen LogP contribution in [0, 0.1) is 6.92 Å². The summed E-state index contributed by atoms with van der Waals surface area (Å²) in [7, 11) is 0. The van der Waals surface area contributed by atoms with Gasteiger partial charge in [-0.1, -0.05) is 18.2 Å². The SMILES string of the molecule is Cc1cccnc1CC(=O)NCc1cccc(C(=O)O)c1. The van der Waals surface area contributed by atoms with Crippen molar-refractivity contribution in [1.29, 1.82) is 0 Å². The van der Waals surface area contributed by atoms with E-state index < -0.39 is 5.97 Å². The molecule has 108 valence electrons. The number of aromatic nitrogens is 1. The van der Waals surface area contributed by atoms with Crippen LogP contribution >= 0.6 is 0 Å². The van der Waals surface area contributed by atoms with Crippen LogP contribution in [0.15, 0.2) is 42.6 Å². The van der Waals surface area contributed by atoms with Gasteiger partial charge in [-0.05, 0) is 36.2 Å². The van der Waals surface area contributed by atoms with Crippen LogP contribution in [0.3, 0.4) is 0 Å². The van der Waals surface area contributed by atoms with Crippen LogP contribution in [0.5, 0.6) is 0 Å². The number of hydrogen-bond donors (Lipinski definition) is 2. The van der Waals surface area contributed by atoms with Crippen molar-refractivity contribution in [3.63, 3.8) is 0 Å². The van der Waals surface area contributed by atoms with Crippen LogP contribution in [0.25, 0.3) is 0 Å². The van der Waals surface area contributed by atoms with Crippen LogP contribution in [0.2, 0.25) is 0 Å². The first-order valence-electron chi connectivity index (χ1n) is 6.55. The highest BCUT2D eigenvalue weighted by atomic mass is 16.4. The average molecular weight is 284 g/mol. The van der Waals surface area contributed by atoms with Crippen LogP contribution in [-0.4, -0.2) is 22.0 Å². The molecule has 0 fully saturated rings. The van der Waals surface area contributed by atoms with Gasteiger partial charge in [0.2, 0.25) is 5.91 Å². The molecule has 0 spiro atoms. The number of nitrogens with one attached hydrogen (secondary N) is 1. The smallest absolute Gasteiger partial charge is 0.335 e. The molecule has 0 aliphatic heterocycles. The number of aryl methyl sites for hydroxylation is 1. The van der Waals surface area contributed by atoms with Crippen LogP contribution < -0.4 is 5.32 Å². The summed E-state index contributed by atoms with van der Waals surface area (Å²) in [6, 6.07) is 10.2. The van der Waals surface area contributed by atoms with Crippen LogP contribution in [0.1, 0.15) is 27.2 Å². The molecule has 5 nitrogen and oxygen atoms in total. The summed E-state index contributed by atoms with van der Waals surface area (Å²) in [6.07, 6.45) is 1.87. The number of carbonyl (C=O) groups is 2. The molecule has 0 aliphatic carbocycles. The molecule has 5 heteroatoms. The van der Waals surface area contributed by atoms with Gasteiger partial charge in [-0.15, -0.1) is 0 Å². The lowest BCUT2D eigenvalue weighted by Gasteiger charge is -2.07. The second-order valence-corrected chi connectivity index (χ2v) is 4.73. The summed E-state index contributed by atoms with van der Waals surface area (Å²) in [6.45, 7) is 2.21. The minimum Gasteiger partial charge on any atom is -0.478 e. The number of carbonyl (C=O) groups excluding carboxylic acids is 1. The van der Waals surface area contributed by atoms with Gasteiger partial charge in [0.15, 0.2) is 0 Å². The summed E-state index contributed by atoms with van der Waals surface area (Å²) >= 11 is 0. The third-order valence-electron chi connectivity index (χ3n) is 3.11. The van der Waals surface area contributed by atoms with E-state index >= 15 is 0 Å². The van der Waals surface area contributed by atoms with Crippen molar-refractivity contribution in [2.24, 2.45) is 0 Å². The Kier molecular flexibility index (Phi) is 4.66. The monoisotopic (exact) mass is 284 g/mol. The fourth-order valence-electron chi connectivity index (χ4n) is 1.93. The molecule has 21 heavy (non-hydrogen) atoms. The number of nitrogens with zero attached hydrogens (tertiary/aromatic N) is 1. The third-order valence-corrected chi connectivity index (χ3v) is 3.11. The van der Waals surface area contributed by atoms with Crippen molar-refractivity contribution >= 4 is 11.9 Å². The molecule has 1 amide bonds. The molecule has 1 aromatic carbocycles. The first-order chi connectivity index (χ1) is 10.1. The number of aromatic carboxylic acids is 1. The number of carboxylic acid groups (broad SMARTS) is 1. The zero-order chi connectivity index (χ0) is 15.2.